The van der Waals surface area contributed by atoms with Gasteiger partial charge in [0.25, 0.3) is 5.91 Å². The van der Waals surface area contributed by atoms with Crippen LogP contribution in [0.3, 0.4) is 0 Å². The molecule has 0 saturated heterocycles. The highest BCUT2D eigenvalue weighted by Crippen LogP contribution is 2.25. The van der Waals surface area contributed by atoms with Gasteiger partial charge in [0.1, 0.15) is 0 Å². The maximum atomic E-state index is 13.1. The largest absolute Gasteiger partial charge is 0.351 e. The van der Waals surface area contributed by atoms with Crippen LogP contribution >= 0.6 is 0 Å². The summed E-state index contributed by atoms with van der Waals surface area (Å²) in [5.74, 6) is -0.261. The van der Waals surface area contributed by atoms with E-state index in [2.05, 4.69) is 24.1 Å². The highest BCUT2D eigenvalue weighted by atomic mass is 32.2. The molecule has 0 radical (unpaired) electrons. The minimum absolute atomic E-state index is 0.156. The number of carbonyl (C=O) groups excluding carboxylic acids is 1. The summed E-state index contributed by atoms with van der Waals surface area (Å²) in [6.07, 6.45) is 0.693. The van der Waals surface area contributed by atoms with E-state index in [0.717, 1.165) is 12.1 Å². The Morgan fingerprint density at radius 3 is 2.59 bits per heavy atom. The van der Waals surface area contributed by atoms with Gasteiger partial charge < -0.3 is 10.2 Å². The third-order valence-corrected chi connectivity index (χ3v) is 7.30. The van der Waals surface area contributed by atoms with E-state index < -0.39 is 10.0 Å². The molecule has 7 heteroatoms. The molecule has 0 aromatic heterocycles. The molecule has 0 unspecified atom stereocenters. The lowest BCUT2D eigenvalue weighted by Crippen LogP contribution is -2.37. The summed E-state index contributed by atoms with van der Waals surface area (Å²) < 4.78 is 27.8. The SMILES string of the molecule is CC(C)N(C)CCNC(=O)c1cccc(S(=O)(=O)N2CCc3ccccc3C2)c1. The Hall–Kier alpha value is -2.22. The third kappa shape index (κ3) is 5.04. The van der Waals surface area contributed by atoms with E-state index in [1.54, 1.807) is 18.2 Å². The summed E-state index contributed by atoms with van der Waals surface area (Å²) in [5.41, 5.74) is 2.58. The van der Waals surface area contributed by atoms with E-state index in [9.17, 15) is 13.2 Å². The number of nitrogens with zero attached hydrogens (tertiary/aromatic N) is 2. The average Bonchev–Trinajstić information content (AvgIpc) is 2.73. The Bertz CT molecular complexity index is 973. The maximum Gasteiger partial charge on any atom is 0.251 e. The predicted molar refractivity (Wildman–Crippen MR) is 114 cm³/mol. The normalized spacial score (nSPS) is 14.8. The quantitative estimate of drug-likeness (QED) is 0.754. The number of benzene rings is 2. The van der Waals surface area contributed by atoms with Crippen LogP contribution in [0.5, 0.6) is 0 Å². The Kier molecular flexibility index (Phi) is 6.72. The Morgan fingerprint density at radius 1 is 1.14 bits per heavy atom. The lowest BCUT2D eigenvalue weighted by molar-refractivity contribution is 0.0948. The number of amides is 1. The summed E-state index contributed by atoms with van der Waals surface area (Å²) in [6, 6.07) is 14.6. The molecule has 6 nitrogen and oxygen atoms in total. The molecule has 0 saturated carbocycles. The van der Waals surface area contributed by atoms with Crippen molar-refractivity contribution in [3.05, 3.63) is 65.2 Å². The molecule has 1 aliphatic rings. The van der Waals surface area contributed by atoms with E-state index in [1.807, 2.05) is 31.3 Å². The van der Waals surface area contributed by atoms with E-state index in [4.69, 9.17) is 0 Å². The Balaban J connectivity index is 1.71. The first-order valence-corrected chi connectivity index (χ1v) is 11.4. The van der Waals surface area contributed by atoms with Gasteiger partial charge in [-0.1, -0.05) is 30.3 Å². The number of likely N-dealkylation sites (N-methyl/N-ethyl adjacent to an activating group) is 1. The molecule has 0 atom stereocenters. The molecule has 1 aliphatic heterocycles. The number of rotatable bonds is 7. The maximum absolute atomic E-state index is 13.1. The average molecular weight is 416 g/mol. The monoisotopic (exact) mass is 415 g/mol. The topological polar surface area (TPSA) is 69.7 Å². The first-order valence-electron chi connectivity index (χ1n) is 9.94. The number of fused-ring (bicyclic) bond motifs is 1. The zero-order valence-electron chi connectivity index (χ0n) is 17.3. The minimum atomic E-state index is -3.66. The van der Waals surface area contributed by atoms with Gasteiger partial charge in [0, 0.05) is 37.8 Å². The minimum Gasteiger partial charge on any atom is -0.351 e. The first kappa shape index (κ1) is 21.5. The predicted octanol–water partition coefficient (Wildman–Crippen LogP) is 2.50. The number of hydrogen-bond acceptors (Lipinski definition) is 4. The van der Waals surface area contributed by atoms with Crippen molar-refractivity contribution in [3.63, 3.8) is 0 Å². The van der Waals surface area contributed by atoms with Crippen molar-refractivity contribution in [1.82, 2.24) is 14.5 Å². The van der Waals surface area contributed by atoms with Gasteiger partial charge in [0.05, 0.1) is 4.90 Å². The van der Waals surface area contributed by atoms with Crippen molar-refractivity contribution in [2.45, 2.75) is 37.8 Å². The molecule has 0 spiro atoms. The Labute approximate surface area is 173 Å². The molecule has 0 aliphatic carbocycles. The highest BCUT2D eigenvalue weighted by Gasteiger charge is 2.28. The van der Waals surface area contributed by atoms with Gasteiger partial charge >= 0.3 is 0 Å². The smallest absolute Gasteiger partial charge is 0.251 e. The summed E-state index contributed by atoms with van der Waals surface area (Å²) >= 11 is 0. The van der Waals surface area contributed by atoms with Crippen molar-refractivity contribution in [3.8, 4) is 0 Å². The van der Waals surface area contributed by atoms with E-state index >= 15 is 0 Å². The molecule has 1 heterocycles. The second-order valence-corrected chi connectivity index (χ2v) is 9.65. The number of nitrogens with one attached hydrogen (secondary N) is 1. The fraction of sp³-hybridized carbons (Fsp3) is 0.409. The molecule has 2 aromatic carbocycles. The molecule has 29 heavy (non-hydrogen) atoms. The van der Waals surface area contributed by atoms with Crippen LogP contribution < -0.4 is 5.32 Å². The van der Waals surface area contributed by atoms with Gasteiger partial charge in [-0.3, -0.25) is 4.79 Å². The number of hydrogen-bond donors (Lipinski definition) is 1. The standard InChI is InChI=1S/C22H29N3O3S/c1-17(2)24(3)14-12-23-22(26)19-9-6-10-21(15-19)29(27,28)25-13-11-18-7-4-5-8-20(18)16-25/h4-10,15,17H,11-14,16H2,1-3H3,(H,23,26). The molecule has 2 aromatic rings. The van der Waals surface area contributed by atoms with Crippen LogP contribution in [-0.2, 0) is 23.0 Å². The van der Waals surface area contributed by atoms with Crippen molar-refractivity contribution in [1.29, 1.82) is 0 Å². The van der Waals surface area contributed by atoms with Crippen LogP contribution in [0.15, 0.2) is 53.4 Å². The van der Waals surface area contributed by atoms with Crippen LogP contribution in [0, 0.1) is 0 Å². The van der Waals surface area contributed by atoms with E-state index in [0.29, 0.717) is 37.7 Å². The van der Waals surface area contributed by atoms with Gasteiger partial charge in [0.15, 0.2) is 0 Å². The number of carbonyl (C=O) groups is 1. The van der Waals surface area contributed by atoms with Crippen molar-refractivity contribution < 1.29 is 13.2 Å². The lowest BCUT2D eigenvalue weighted by Gasteiger charge is -2.28. The molecule has 1 N–H and O–H groups in total. The van der Waals surface area contributed by atoms with Crippen LogP contribution in [0.25, 0.3) is 0 Å². The molecule has 1 amide bonds. The van der Waals surface area contributed by atoms with E-state index in [-0.39, 0.29) is 10.8 Å². The molecule has 0 bridgehead atoms. The first-order chi connectivity index (χ1) is 13.8. The third-order valence-electron chi connectivity index (χ3n) is 5.46. The van der Waals surface area contributed by atoms with Gasteiger partial charge in [-0.25, -0.2) is 8.42 Å². The second-order valence-electron chi connectivity index (χ2n) is 7.72. The van der Waals surface area contributed by atoms with Crippen LogP contribution in [0.1, 0.15) is 35.3 Å². The summed E-state index contributed by atoms with van der Waals surface area (Å²) in [7, 11) is -1.66. The highest BCUT2D eigenvalue weighted by molar-refractivity contribution is 7.89. The molecule has 3 rings (SSSR count). The van der Waals surface area contributed by atoms with Gasteiger partial charge in [-0.05, 0) is 56.6 Å². The summed E-state index contributed by atoms with van der Waals surface area (Å²) in [4.78, 5) is 14.8. The van der Waals surface area contributed by atoms with Crippen molar-refractivity contribution in [2.24, 2.45) is 0 Å². The molecular formula is C22H29N3O3S. The number of sulfonamides is 1. The van der Waals surface area contributed by atoms with Gasteiger partial charge in [0.2, 0.25) is 10.0 Å². The zero-order chi connectivity index (χ0) is 21.0. The molecular weight excluding hydrogens is 386 g/mol. The molecule has 156 valence electrons. The lowest BCUT2D eigenvalue weighted by atomic mass is 10.0. The van der Waals surface area contributed by atoms with Crippen molar-refractivity contribution >= 4 is 15.9 Å². The fourth-order valence-electron chi connectivity index (χ4n) is 3.33. The Morgan fingerprint density at radius 2 is 1.86 bits per heavy atom. The van der Waals surface area contributed by atoms with Crippen molar-refractivity contribution in [2.75, 3.05) is 26.7 Å². The fourth-order valence-corrected chi connectivity index (χ4v) is 4.79. The molecule has 0 fully saturated rings. The van der Waals surface area contributed by atoms with Crippen LogP contribution in [0.2, 0.25) is 0 Å². The van der Waals surface area contributed by atoms with E-state index in [1.165, 1.54) is 15.9 Å². The van der Waals surface area contributed by atoms with Gasteiger partial charge in [-0.2, -0.15) is 4.31 Å². The second kappa shape index (κ2) is 9.07. The van der Waals surface area contributed by atoms with Gasteiger partial charge in [-0.15, -0.1) is 0 Å². The van der Waals surface area contributed by atoms with Crippen LogP contribution in [0.4, 0.5) is 0 Å². The summed E-state index contributed by atoms with van der Waals surface area (Å²) in [6.45, 7) is 6.22. The summed E-state index contributed by atoms with van der Waals surface area (Å²) in [5, 5.41) is 2.87. The zero-order valence-corrected chi connectivity index (χ0v) is 18.1. The van der Waals surface area contributed by atoms with Crippen LogP contribution in [-0.4, -0.2) is 56.3 Å².